The molecule has 19 rings (SSSR count). The van der Waals surface area contributed by atoms with Gasteiger partial charge in [0.1, 0.15) is 43.0 Å². The topological polar surface area (TPSA) is 196 Å². The Hall–Kier alpha value is -10.0. The Balaban J connectivity index is 0.813. The van der Waals surface area contributed by atoms with E-state index in [2.05, 4.69) is 111 Å². The minimum absolute atomic E-state index is 0.123. The van der Waals surface area contributed by atoms with Crippen molar-refractivity contribution < 1.29 is 20.4 Å². The van der Waals surface area contributed by atoms with Gasteiger partial charge in [-0.1, -0.05) is 103 Å². The van der Waals surface area contributed by atoms with E-state index in [1.807, 2.05) is 97.1 Å². The molecule has 3 unspecified atom stereocenters. The molecule has 0 radical (unpaired) electrons. The fraction of sp³-hybridized carbons (Fsp3) is 0.0556. The van der Waals surface area contributed by atoms with Crippen molar-refractivity contribution >= 4 is 165 Å². The number of phenols is 1. The van der Waals surface area contributed by atoms with Gasteiger partial charge in [0.2, 0.25) is 0 Å². The second-order valence-electron chi connectivity index (χ2n) is 22.8. The number of aliphatic hydroxyl groups excluding tert-OH is 2. The fourth-order valence-electron chi connectivity index (χ4n) is 13.6. The van der Waals surface area contributed by atoms with Gasteiger partial charge in [-0.05, 0) is 113 Å². The molecule has 3 atom stereocenters. The number of hydrogen-bond acceptors (Lipinski definition) is 12. The van der Waals surface area contributed by atoms with E-state index < -0.39 is 12.2 Å². The van der Waals surface area contributed by atoms with Crippen LogP contribution in [0.15, 0.2) is 176 Å². The van der Waals surface area contributed by atoms with Crippen LogP contribution in [0, 0.1) is 0 Å². The molecule has 0 saturated carbocycles. The van der Waals surface area contributed by atoms with Crippen molar-refractivity contribution in [3.63, 3.8) is 0 Å². The van der Waals surface area contributed by atoms with Gasteiger partial charge in [-0.25, -0.2) is 19.9 Å². The Morgan fingerprint density at radius 2 is 1.23 bits per heavy atom. The maximum Gasteiger partial charge on any atom is 0.135 e. The second-order valence-corrected chi connectivity index (χ2v) is 26.9. The molecule has 9 aromatic heterocycles. The van der Waals surface area contributed by atoms with E-state index in [4.69, 9.17) is 19.9 Å². The van der Waals surface area contributed by atoms with Crippen LogP contribution >= 0.6 is 45.3 Å². The van der Waals surface area contributed by atoms with Gasteiger partial charge < -0.3 is 40.4 Å². The van der Waals surface area contributed by atoms with Crippen LogP contribution in [0.25, 0.3) is 131 Å². The molecule has 8 N–H and O–H groups in total. The Morgan fingerprint density at radius 3 is 2.08 bits per heavy atom. The van der Waals surface area contributed by atoms with Gasteiger partial charge >= 0.3 is 0 Å². The number of aromatic amines is 4. The molecule has 1 aliphatic heterocycles. The van der Waals surface area contributed by atoms with E-state index in [1.54, 1.807) is 34.0 Å². The van der Waals surface area contributed by atoms with E-state index in [-0.39, 0.29) is 17.4 Å². The highest BCUT2D eigenvalue weighted by Crippen LogP contribution is 2.45. The molecule has 16 heteroatoms. The Morgan fingerprint density at radius 1 is 0.511 bits per heavy atom. The van der Waals surface area contributed by atoms with Crippen LogP contribution in [-0.4, -0.2) is 72.5 Å². The van der Waals surface area contributed by atoms with Crippen molar-refractivity contribution in [2.45, 2.75) is 24.5 Å². The molecule has 4 aromatic carbocycles. The molecule has 12 nitrogen and oxygen atoms in total. The summed E-state index contributed by atoms with van der Waals surface area (Å²) in [5, 5.41) is 54.9. The summed E-state index contributed by atoms with van der Waals surface area (Å²) in [7, 11) is 0. The number of aromatic hydroxyl groups is 2. The maximum absolute atomic E-state index is 12.4. The number of phenolic OH excluding ortho intramolecular Hbond substituents is 1. The number of nitrogens with one attached hydrogen (secondary N) is 4. The van der Waals surface area contributed by atoms with Gasteiger partial charge in [0.25, 0.3) is 0 Å². The lowest BCUT2D eigenvalue weighted by atomic mass is 9.85. The SMILES string of the molecule is Oc1c2c3ccc([nH]3)c(-c3ccc(C4=c5ccc([nH]5)=C5C=CC=C(c6nc7c(s6)C=CC6=CC=c8sc(nc8C67)=C6C=CC=C(c7ccc4[nH]7)C6O)C5O)cc3)c3ccc([nH]3)c3cccc(c3O)c3nc4c(ccc5ccc6sc(nc6c54)c1CC=C2)s3. The smallest absolute Gasteiger partial charge is 0.135 e. The lowest BCUT2D eigenvalue weighted by molar-refractivity contribution is 0.288. The minimum atomic E-state index is -0.962. The fourth-order valence-corrected chi connectivity index (χ4v) is 17.8. The number of aliphatic hydroxyl groups is 2. The first-order chi connectivity index (χ1) is 43.2. The average molecular weight is 1210 g/mol. The van der Waals surface area contributed by atoms with Crippen molar-refractivity contribution in [1.82, 2.24) is 39.9 Å². The zero-order valence-electron chi connectivity index (χ0n) is 46.0. The van der Waals surface area contributed by atoms with Gasteiger partial charge in [-0.3, -0.25) is 0 Å². The van der Waals surface area contributed by atoms with Crippen LogP contribution in [0.4, 0.5) is 0 Å². The summed E-state index contributed by atoms with van der Waals surface area (Å²) in [5.74, 6) is 0.121. The monoisotopic (exact) mass is 1210 g/mol. The predicted octanol–water partition coefficient (Wildman–Crippen LogP) is 13.0. The molecule has 24 bridgehead atoms. The number of hydrogen-bond donors (Lipinski definition) is 8. The summed E-state index contributed by atoms with van der Waals surface area (Å²) >= 11 is 6.25. The lowest BCUT2D eigenvalue weighted by Crippen LogP contribution is -2.23. The minimum Gasteiger partial charge on any atom is -0.507 e. The van der Waals surface area contributed by atoms with Gasteiger partial charge in [0.05, 0.1) is 52.5 Å². The van der Waals surface area contributed by atoms with Crippen LogP contribution < -0.4 is 19.9 Å². The summed E-state index contributed by atoms with van der Waals surface area (Å²) in [6.45, 7) is 0. The van der Waals surface area contributed by atoms with E-state index in [0.29, 0.717) is 27.6 Å². The molecular weight excluding hydrogens is 1170 g/mol. The average Bonchev–Trinajstić information content (AvgIpc) is 4.44. The molecule has 0 spiro atoms. The number of thiazole rings is 4. The number of allylic oxidation sites excluding steroid dienone is 8. The number of benzene rings is 4. The third-order valence-corrected chi connectivity index (χ3v) is 22.2. The molecular formula is C72H44N8O4S4. The van der Waals surface area contributed by atoms with E-state index in [9.17, 15) is 20.4 Å². The normalized spacial score (nSPS) is 17.9. The van der Waals surface area contributed by atoms with E-state index in [0.717, 1.165) is 166 Å². The van der Waals surface area contributed by atoms with Crippen LogP contribution in [0.5, 0.6) is 11.5 Å². The molecule has 0 saturated heterocycles. The number of H-pyrrole nitrogens is 4. The van der Waals surface area contributed by atoms with E-state index in [1.165, 1.54) is 11.3 Å². The second kappa shape index (κ2) is 18.7. The summed E-state index contributed by atoms with van der Waals surface area (Å²) in [6, 6.07) is 38.9. The van der Waals surface area contributed by atoms with Crippen molar-refractivity contribution in [3.05, 3.63) is 245 Å². The largest absolute Gasteiger partial charge is 0.507 e. The van der Waals surface area contributed by atoms with Crippen LogP contribution in [0.3, 0.4) is 0 Å². The standard InChI is InChI=1S/C72H44N8O4S4/c81-65-37-5-1-9-41(65)69-77-61-53(85-69)29-17-35-18-30-54-62(59(35)61)78-70(86-54)42-10-2-6-38(66(42)82)46-22-26-50(74-46)57(49-25-21-45(37)73-49)33-13-15-34(16-14-33)58-51-27-23-47(75-51)39-7-3-11-43(67(39)83)71-79-63-55(87-71)31-19-36-20-32-56-64(60(36)63)80-72(88-56)44-12-4-8-40(68(44)84)48-24-28-52(58)76-48/h1-11,13-32,59,65-66,73-76,81-84H,12H2. The van der Waals surface area contributed by atoms with Crippen molar-refractivity contribution in [3.8, 4) is 22.6 Å². The zero-order chi connectivity index (χ0) is 58.2. The van der Waals surface area contributed by atoms with Crippen molar-refractivity contribution in [2.75, 3.05) is 0 Å². The van der Waals surface area contributed by atoms with Gasteiger partial charge in [-0.15, -0.1) is 45.3 Å². The summed E-state index contributed by atoms with van der Waals surface area (Å²) < 4.78 is 3.77. The molecule has 10 heterocycles. The quantitative estimate of drug-likeness (QED) is 0.0837. The van der Waals surface area contributed by atoms with Crippen LogP contribution in [-0.2, 0) is 6.42 Å². The number of nitrogens with zero attached hydrogens (tertiary/aromatic N) is 4. The first-order valence-corrected chi connectivity index (χ1v) is 32.1. The molecule has 5 aliphatic carbocycles. The third kappa shape index (κ3) is 7.41. The molecule has 0 fully saturated rings. The van der Waals surface area contributed by atoms with Crippen LogP contribution in [0.2, 0.25) is 0 Å². The summed E-state index contributed by atoms with van der Waals surface area (Å²) in [4.78, 5) is 38.5. The molecule has 420 valence electrons. The molecule has 88 heavy (non-hydrogen) atoms. The van der Waals surface area contributed by atoms with Gasteiger partial charge in [0, 0.05) is 99.5 Å². The molecule has 13 aromatic rings. The highest BCUT2D eigenvalue weighted by molar-refractivity contribution is 7.25. The lowest BCUT2D eigenvalue weighted by Gasteiger charge is -2.21. The first kappa shape index (κ1) is 50.1. The number of aromatic nitrogens is 8. The predicted molar refractivity (Wildman–Crippen MR) is 359 cm³/mol. The van der Waals surface area contributed by atoms with Gasteiger partial charge in [0.15, 0.2) is 0 Å². The molecule has 0 amide bonds. The summed E-state index contributed by atoms with van der Waals surface area (Å²) in [6.07, 6.45) is 23.0. The Kier molecular flexibility index (Phi) is 10.7. The number of rotatable bonds is 2. The van der Waals surface area contributed by atoms with Crippen molar-refractivity contribution in [2.24, 2.45) is 0 Å². The van der Waals surface area contributed by atoms with Gasteiger partial charge in [-0.2, -0.15) is 0 Å². The van der Waals surface area contributed by atoms with E-state index >= 15 is 0 Å². The van der Waals surface area contributed by atoms with Crippen molar-refractivity contribution in [1.29, 1.82) is 0 Å². The molecule has 6 aliphatic rings. The van der Waals surface area contributed by atoms with Crippen LogP contribution in [0.1, 0.15) is 55.3 Å². The third-order valence-electron chi connectivity index (χ3n) is 17.9. The Labute approximate surface area is 513 Å². The first-order valence-electron chi connectivity index (χ1n) is 28.9. The Bertz CT molecular complexity index is 6000. The number of para-hydroxylation sites is 1. The maximum atomic E-state index is 12.4. The highest BCUT2D eigenvalue weighted by atomic mass is 32.1. The number of fused-ring (bicyclic) bond motifs is 26. The highest BCUT2D eigenvalue weighted by Gasteiger charge is 2.34. The summed E-state index contributed by atoms with van der Waals surface area (Å²) in [5.41, 5.74) is 17.0. The zero-order valence-corrected chi connectivity index (χ0v) is 49.3.